The molecular weight excluding hydrogens is 318 g/mol. The number of nitrogens with zero attached hydrogens (tertiary/aromatic N) is 3. The molecule has 134 valence electrons. The van der Waals surface area contributed by atoms with Gasteiger partial charge in [0.1, 0.15) is 5.75 Å². The van der Waals surface area contributed by atoms with Gasteiger partial charge in [-0.15, -0.1) is 10.2 Å². The number of rotatable bonds is 8. The fraction of sp³-hybridized carbons (Fsp3) is 0.389. The number of hydrogen-bond donors (Lipinski definition) is 2. The highest BCUT2D eigenvalue weighted by Gasteiger charge is 2.08. The van der Waals surface area contributed by atoms with E-state index in [1.54, 1.807) is 12.1 Å². The van der Waals surface area contributed by atoms with Gasteiger partial charge < -0.3 is 20.3 Å². The Morgan fingerprint density at radius 1 is 1.12 bits per heavy atom. The van der Waals surface area contributed by atoms with Gasteiger partial charge in [0.05, 0.1) is 6.10 Å². The van der Waals surface area contributed by atoms with E-state index in [1.807, 2.05) is 57.1 Å². The second-order valence-electron chi connectivity index (χ2n) is 6.18. The lowest BCUT2D eigenvalue weighted by Gasteiger charge is -2.11. The molecule has 0 aliphatic heterocycles. The first-order chi connectivity index (χ1) is 11.9. The minimum atomic E-state index is -0.226. The largest absolute Gasteiger partial charge is 0.491 e. The smallest absolute Gasteiger partial charge is 0.271 e. The summed E-state index contributed by atoms with van der Waals surface area (Å²) < 4.78 is 5.61. The van der Waals surface area contributed by atoms with E-state index >= 15 is 0 Å². The maximum atomic E-state index is 12.0. The van der Waals surface area contributed by atoms with Gasteiger partial charge in [-0.1, -0.05) is 0 Å². The Kier molecular flexibility index (Phi) is 6.71. The second kappa shape index (κ2) is 8.98. The molecule has 1 aromatic heterocycles. The Morgan fingerprint density at radius 2 is 1.84 bits per heavy atom. The van der Waals surface area contributed by atoms with E-state index in [2.05, 4.69) is 20.8 Å². The predicted octanol–water partition coefficient (Wildman–Crippen LogP) is 2.30. The van der Waals surface area contributed by atoms with Crippen LogP contribution in [0.1, 0.15) is 24.3 Å². The maximum Gasteiger partial charge on any atom is 0.271 e. The molecule has 0 saturated carbocycles. The normalized spacial score (nSPS) is 10.8. The Hall–Kier alpha value is -2.67. The van der Waals surface area contributed by atoms with E-state index in [0.29, 0.717) is 18.1 Å². The Balaban J connectivity index is 1.90. The molecule has 7 heteroatoms. The molecule has 0 spiro atoms. The topological polar surface area (TPSA) is 79.4 Å². The van der Waals surface area contributed by atoms with Crippen molar-refractivity contribution in [1.82, 2.24) is 20.4 Å². The van der Waals surface area contributed by atoms with Gasteiger partial charge in [0, 0.05) is 18.8 Å². The molecule has 0 unspecified atom stereocenters. The molecule has 0 saturated heterocycles. The van der Waals surface area contributed by atoms with Crippen LogP contribution >= 0.6 is 0 Å². The van der Waals surface area contributed by atoms with E-state index in [4.69, 9.17) is 4.74 Å². The van der Waals surface area contributed by atoms with Crippen molar-refractivity contribution in [3.63, 3.8) is 0 Å². The van der Waals surface area contributed by atoms with E-state index < -0.39 is 0 Å². The third-order valence-electron chi connectivity index (χ3n) is 3.24. The molecule has 1 amide bonds. The minimum absolute atomic E-state index is 0.140. The maximum absolute atomic E-state index is 12.0. The first-order valence-electron chi connectivity index (χ1n) is 8.24. The van der Waals surface area contributed by atoms with Crippen LogP contribution in [0.3, 0.4) is 0 Å². The number of amides is 1. The molecule has 2 rings (SSSR count). The molecule has 0 atom stereocenters. The average molecular weight is 343 g/mol. The number of aromatic nitrogens is 2. The average Bonchev–Trinajstić information content (AvgIpc) is 2.56. The summed E-state index contributed by atoms with van der Waals surface area (Å²) in [5, 5.41) is 14.0. The van der Waals surface area contributed by atoms with Gasteiger partial charge in [-0.25, -0.2) is 0 Å². The second-order valence-corrected chi connectivity index (χ2v) is 6.18. The Labute approximate surface area is 148 Å². The number of hydrogen-bond acceptors (Lipinski definition) is 6. The zero-order chi connectivity index (χ0) is 18.2. The molecule has 1 aromatic carbocycles. The highest BCUT2D eigenvalue weighted by Crippen LogP contribution is 2.19. The van der Waals surface area contributed by atoms with E-state index in [9.17, 15) is 4.79 Å². The molecule has 0 radical (unpaired) electrons. The van der Waals surface area contributed by atoms with Gasteiger partial charge >= 0.3 is 0 Å². The van der Waals surface area contributed by atoms with Crippen LogP contribution in [0.4, 0.5) is 11.5 Å². The molecule has 25 heavy (non-hydrogen) atoms. The summed E-state index contributed by atoms with van der Waals surface area (Å²) in [5.74, 6) is 1.16. The molecule has 0 aliphatic rings. The zero-order valence-corrected chi connectivity index (χ0v) is 15.1. The summed E-state index contributed by atoms with van der Waals surface area (Å²) in [7, 11) is 3.90. The monoisotopic (exact) mass is 343 g/mol. The standard InChI is InChI=1S/C18H25N5O2/c1-13(2)25-15-7-5-14(6-8-15)20-17-10-9-16(21-22-17)18(24)19-11-12-23(3)4/h5-10,13H,11-12H2,1-4H3,(H,19,24)(H,20,22). The van der Waals surface area contributed by atoms with Crippen LogP contribution in [-0.2, 0) is 0 Å². The summed E-state index contributed by atoms with van der Waals surface area (Å²) in [6.45, 7) is 5.31. The molecule has 0 aliphatic carbocycles. The molecule has 1 heterocycles. The van der Waals surface area contributed by atoms with Crippen LogP contribution in [0.5, 0.6) is 5.75 Å². The zero-order valence-electron chi connectivity index (χ0n) is 15.1. The third kappa shape index (κ3) is 6.39. The van der Waals surface area contributed by atoms with Crippen molar-refractivity contribution in [1.29, 1.82) is 0 Å². The quantitative estimate of drug-likeness (QED) is 0.766. The van der Waals surface area contributed by atoms with E-state index in [-0.39, 0.29) is 12.0 Å². The van der Waals surface area contributed by atoms with Crippen molar-refractivity contribution < 1.29 is 9.53 Å². The summed E-state index contributed by atoms with van der Waals surface area (Å²) >= 11 is 0. The van der Waals surface area contributed by atoms with Crippen LogP contribution in [0.15, 0.2) is 36.4 Å². The molecule has 0 fully saturated rings. The van der Waals surface area contributed by atoms with Crippen molar-refractivity contribution in [2.24, 2.45) is 0 Å². The first kappa shape index (κ1) is 18.7. The van der Waals surface area contributed by atoms with Gasteiger partial charge in [0.25, 0.3) is 5.91 Å². The summed E-state index contributed by atoms with van der Waals surface area (Å²) in [5.41, 5.74) is 1.17. The Bertz CT molecular complexity index is 669. The van der Waals surface area contributed by atoms with Crippen LogP contribution in [0, 0.1) is 0 Å². The van der Waals surface area contributed by atoms with Gasteiger partial charge in [0.2, 0.25) is 0 Å². The van der Waals surface area contributed by atoms with Crippen LogP contribution in [0.2, 0.25) is 0 Å². The van der Waals surface area contributed by atoms with Gasteiger partial charge in [0.15, 0.2) is 11.5 Å². The lowest BCUT2D eigenvalue weighted by molar-refractivity contribution is 0.0945. The van der Waals surface area contributed by atoms with Crippen molar-refractivity contribution in [3.05, 3.63) is 42.1 Å². The number of anilines is 2. The van der Waals surface area contributed by atoms with Crippen LogP contribution in [0.25, 0.3) is 0 Å². The van der Waals surface area contributed by atoms with E-state index in [1.165, 1.54) is 0 Å². The number of benzene rings is 1. The third-order valence-corrected chi connectivity index (χ3v) is 3.24. The Morgan fingerprint density at radius 3 is 2.40 bits per heavy atom. The van der Waals surface area contributed by atoms with Gasteiger partial charge in [-0.2, -0.15) is 0 Å². The summed E-state index contributed by atoms with van der Waals surface area (Å²) in [6.07, 6.45) is 0.140. The molecule has 2 N–H and O–H groups in total. The number of nitrogens with one attached hydrogen (secondary N) is 2. The lowest BCUT2D eigenvalue weighted by Crippen LogP contribution is -2.31. The van der Waals surface area contributed by atoms with Crippen molar-refractivity contribution in [2.45, 2.75) is 20.0 Å². The van der Waals surface area contributed by atoms with Crippen LogP contribution in [-0.4, -0.2) is 54.3 Å². The van der Waals surface area contributed by atoms with Crippen molar-refractivity contribution in [3.8, 4) is 5.75 Å². The van der Waals surface area contributed by atoms with E-state index in [0.717, 1.165) is 18.0 Å². The highest BCUT2D eigenvalue weighted by atomic mass is 16.5. The number of likely N-dealkylation sites (N-methyl/N-ethyl adjacent to an activating group) is 1. The first-order valence-corrected chi connectivity index (χ1v) is 8.24. The molecule has 2 aromatic rings. The molecule has 7 nitrogen and oxygen atoms in total. The van der Waals surface area contributed by atoms with Gasteiger partial charge in [-0.05, 0) is 64.3 Å². The molecule has 0 bridgehead atoms. The summed E-state index contributed by atoms with van der Waals surface area (Å²) in [4.78, 5) is 14.0. The van der Waals surface area contributed by atoms with Crippen molar-refractivity contribution in [2.75, 3.05) is 32.5 Å². The predicted molar refractivity (Wildman–Crippen MR) is 98.4 cm³/mol. The number of carbonyl (C=O) groups is 1. The fourth-order valence-corrected chi connectivity index (χ4v) is 2.04. The molecular formula is C18H25N5O2. The highest BCUT2D eigenvalue weighted by molar-refractivity contribution is 5.92. The fourth-order valence-electron chi connectivity index (χ4n) is 2.04. The number of carbonyl (C=O) groups excluding carboxylic acids is 1. The summed E-state index contributed by atoms with van der Waals surface area (Å²) in [6, 6.07) is 11.0. The van der Waals surface area contributed by atoms with Crippen molar-refractivity contribution >= 4 is 17.4 Å². The van der Waals surface area contributed by atoms with Crippen LogP contribution < -0.4 is 15.4 Å². The lowest BCUT2D eigenvalue weighted by atomic mass is 10.3. The number of ether oxygens (including phenoxy) is 1. The minimum Gasteiger partial charge on any atom is -0.491 e. The van der Waals surface area contributed by atoms with Gasteiger partial charge in [-0.3, -0.25) is 4.79 Å². The SMILES string of the molecule is CC(C)Oc1ccc(Nc2ccc(C(=O)NCCN(C)C)nn2)cc1.